The van der Waals surface area contributed by atoms with Crippen LogP contribution in [0.4, 0.5) is 5.69 Å². The van der Waals surface area contributed by atoms with Gasteiger partial charge in [0, 0.05) is 15.3 Å². The maximum Gasteiger partial charge on any atom is 0.354 e. The van der Waals surface area contributed by atoms with Crippen LogP contribution in [-0.4, -0.2) is 27.3 Å². The Labute approximate surface area is 135 Å². The highest BCUT2D eigenvalue weighted by atomic mass is 127. The Kier molecular flexibility index (Phi) is 4.79. The number of hydrogen-bond acceptors (Lipinski definition) is 4. The normalized spacial score (nSPS) is 10.8. The van der Waals surface area contributed by atoms with Crippen molar-refractivity contribution in [2.24, 2.45) is 4.99 Å². The van der Waals surface area contributed by atoms with Gasteiger partial charge >= 0.3 is 5.97 Å². The molecule has 0 aliphatic rings. The smallest absolute Gasteiger partial charge is 0.354 e. The Morgan fingerprint density at radius 3 is 2.81 bits per heavy atom. The lowest BCUT2D eigenvalue weighted by Crippen LogP contribution is -2.01. The van der Waals surface area contributed by atoms with Gasteiger partial charge in [-0.1, -0.05) is 12.7 Å². The molecule has 1 N–H and O–H groups in total. The number of nitrogens with zero attached hydrogens (tertiary/aromatic N) is 3. The van der Waals surface area contributed by atoms with Crippen molar-refractivity contribution in [1.29, 1.82) is 0 Å². The molecule has 0 saturated carbocycles. The van der Waals surface area contributed by atoms with Crippen LogP contribution in [0.3, 0.4) is 0 Å². The van der Waals surface area contributed by atoms with Crippen LogP contribution < -0.4 is 0 Å². The zero-order valence-electron chi connectivity index (χ0n) is 11.2. The zero-order valence-corrected chi connectivity index (χ0v) is 13.4. The van der Waals surface area contributed by atoms with Crippen LogP contribution in [-0.2, 0) is 0 Å². The van der Waals surface area contributed by atoms with Crippen LogP contribution in [0.1, 0.15) is 16.1 Å². The summed E-state index contributed by atoms with van der Waals surface area (Å²) in [5.41, 5.74) is 3.16. The van der Waals surface area contributed by atoms with Crippen LogP contribution >= 0.6 is 22.6 Å². The van der Waals surface area contributed by atoms with E-state index in [1.54, 1.807) is 12.3 Å². The summed E-state index contributed by atoms with van der Waals surface area (Å²) in [6.45, 7) is 5.58. The standard InChI is InChI=1S/C15H12IN3O2/c1-3-4-17-12-6-10(5-11(16)9(12)2)13-7-14(15(20)21)19-8-18-13/h3-8H,1H2,2H3,(H,20,21). The van der Waals surface area contributed by atoms with Gasteiger partial charge in [0.05, 0.1) is 11.4 Å². The van der Waals surface area contributed by atoms with E-state index in [1.165, 1.54) is 12.4 Å². The summed E-state index contributed by atoms with van der Waals surface area (Å²) in [4.78, 5) is 23.2. The van der Waals surface area contributed by atoms with Gasteiger partial charge < -0.3 is 5.11 Å². The molecule has 0 aliphatic carbocycles. The molecule has 0 aliphatic heterocycles. The summed E-state index contributed by atoms with van der Waals surface area (Å²) in [5, 5.41) is 9.00. The second kappa shape index (κ2) is 6.57. The fourth-order valence-electron chi connectivity index (χ4n) is 1.71. The number of rotatable bonds is 4. The Hall–Kier alpha value is -2.09. The van der Waals surface area contributed by atoms with E-state index in [0.717, 1.165) is 20.4 Å². The zero-order chi connectivity index (χ0) is 15.4. The Balaban J connectivity index is 2.56. The molecule has 2 aromatic rings. The number of aliphatic imine (C=N–C) groups is 1. The van der Waals surface area contributed by atoms with E-state index in [-0.39, 0.29) is 5.69 Å². The highest BCUT2D eigenvalue weighted by Crippen LogP contribution is 2.30. The molecule has 1 aromatic carbocycles. The first-order valence-electron chi connectivity index (χ1n) is 6.04. The predicted octanol–water partition coefficient (Wildman–Crippen LogP) is 3.64. The van der Waals surface area contributed by atoms with E-state index in [1.807, 2.05) is 19.1 Å². The lowest BCUT2D eigenvalue weighted by Gasteiger charge is -2.08. The minimum absolute atomic E-state index is 0.0354. The van der Waals surface area contributed by atoms with E-state index in [4.69, 9.17) is 5.11 Å². The lowest BCUT2D eigenvalue weighted by molar-refractivity contribution is 0.0690. The second-order valence-electron chi connectivity index (χ2n) is 4.21. The number of halogens is 1. The molecule has 6 heteroatoms. The van der Waals surface area contributed by atoms with Crippen LogP contribution in [0.25, 0.3) is 11.3 Å². The number of carbonyl (C=O) groups is 1. The monoisotopic (exact) mass is 393 g/mol. The summed E-state index contributed by atoms with van der Waals surface area (Å²) in [5.74, 6) is -1.08. The first-order valence-corrected chi connectivity index (χ1v) is 7.11. The van der Waals surface area contributed by atoms with Gasteiger partial charge in [-0.05, 0) is 53.3 Å². The van der Waals surface area contributed by atoms with Gasteiger partial charge in [-0.25, -0.2) is 14.8 Å². The van der Waals surface area contributed by atoms with E-state index >= 15 is 0 Å². The summed E-state index contributed by atoms with van der Waals surface area (Å²) in [6, 6.07) is 5.26. The molecule has 0 unspecified atom stereocenters. The first-order chi connectivity index (χ1) is 10.0. The summed E-state index contributed by atoms with van der Waals surface area (Å²) >= 11 is 2.22. The van der Waals surface area contributed by atoms with E-state index in [2.05, 4.69) is 44.1 Å². The predicted molar refractivity (Wildman–Crippen MR) is 90.2 cm³/mol. The topological polar surface area (TPSA) is 75.4 Å². The first kappa shape index (κ1) is 15.3. The number of hydrogen-bond donors (Lipinski definition) is 1. The van der Waals surface area contributed by atoms with Gasteiger partial charge in [0.15, 0.2) is 5.69 Å². The number of carboxylic acids is 1. The minimum atomic E-state index is -1.08. The maximum atomic E-state index is 11.0. The molecule has 0 radical (unpaired) electrons. The molecule has 0 atom stereocenters. The molecule has 0 spiro atoms. The average molecular weight is 393 g/mol. The van der Waals surface area contributed by atoms with Gasteiger partial charge in [-0.15, -0.1) is 0 Å². The SMILES string of the molecule is C=CC=Nc1cc(-c2cc(C(=O)O)ncn2)cc(I)c1C. The molecule has 1 heterocycles. The highest BCUT2D eigenvalue weighted by Gasteiger charge is 2.10. The van der Waals surface area contributed by atoms with Crippen molar-refractivity contribution in [2.45, 2.75) is 6.92 Å². The molecular weight excluding hydrogens is 381 g/mol. The molecule has 0 bridgehead atoms. The summed E-state index contributed by atoms with van der Waals surface area (Å²) in [7, 11) is 0. The van der Waals surface area contributed by atoms with Crippen LogP contribution in [0.5, 0.6) is 0 Å². The number of benzene rings is 1. The van der Waals surface area contributed by atoms with Crippen LogP contribution in [0.2, 0.25) is 0 Å². The van der Waals surface area contributed by atoms with Crippen molar-refractivity contribution in [3.05, 3.63) is 52.0 Å². The molecule has 5 nitrogen and oxygen atoms in total. The molecule has 0 amide bonds. The Morgan fingerprint density at radius 1 is 1.38 bits per heavy atom. The molecule has 21 heavy (non-hydrogen) atoms. The fraction of sp³-hybridized carbons (Fsp3) is 0.0667. The van der Waals surface area contributed by atoms with Gasteiger partial charge in [-0.3, -0.25) is 4.99 Å². The Bertz CT molecular complexity index is 742. The molecule has 1 aromatic heterocycles. The maximum absolute atomic E-state index is 11.0. The summed E-state index contributed by atoms with van der Waals surface area (Å²) in [6.07, 6.45) is 4.47. The fourth-order valence-corrected chi connectivity index (χ4v) is 2.32. The third-order valence-electron chi connectivity index (χ3n) is 2.82. The second-order valence-corrected chi connectivity index (χ2v) is 5.37. The summed E-state index contributed by atoms with van der Waals surface area (Å²) < 4.78 is 1.02. The quantitative estimate of drug-likeness (QED) is 0.636. The van der Waals surface area contributed by atoms with Gasteiger partial charge in [-0.2, -0.15) is 0 Å². The highest BCUT2D eigenvalue weighted by molar-refractivity contribution is 14.1. The van der Waals surface area contributed by atoms with Crippen molar-refractivity contribution < 1.29 is 9.90 Å². The largest absolute Gasteiger partial charge is 0.477 e. The average Bonchev–Trinajstić information content (AvgIpc) is 2.48. The van der Waals surface area contributed by atoms with E-state index < -0.39 is 5.97 Å². The van der Waals surface area contributed by atoms with Crippen molar-refractivity contribution in [3.63, 3.8) is 0 Å². The lowest BCUT2D eigenvalue weighted by atomic mass is 10.1. The molecule has 2 rings (SSSR count). The minimum Gasteiger partial charge on any atom is -0.477 e. The molecular formula is C15H12IN3O2. The van der Waals surface area contributed by atoms with E-state index in [9.17, 15) is 4.79 Å². The van der Waals surface area contributed by atoms with E-state index in [0.29, 0.717) is 5.69 Å². The van der Waals surface area contributed by atoms with Gasteiger partial charge in [0.2, 0.25) is 0 Å². The molecule has 106 valence electrons. The van der Waals surface area contributed by atoms with Crippen molar-refractivity contribution in [1.82, 2.24) is 9.97 Å². The van der Waals surface area contributed by atoms with Gasteiger partial charge in [0.1, 0.15) is 6.33 Å². The number of allylic oxidation sites excluding steroid dienone is 1. The van der Waals surface area contributed by atoms with Crippen molar-refractivity contribution in [2.75, 3.05) is 0 Å². The van der Waals surface area contributed by atoms with Gasteiger partial charge in [0.25, 0.3) is 0 Å². The van der Waals surface area contributed by atoms with Crippen LogP contribution in [0, 0.1) is 10.5 Å². The third-order valence-corrected chi connectivity index (χ3v) is 3.94. The number of aromatic nitrogens is 2. The molecule has 0 fully saturated rings. The number of aromatic carboxylic acids is 1. The third kappa shape index (κ3) is 3.52. The van der Waals surface area contributed by atoms with Crippen LogP contribution in [0.15, 0.2) is 42.2 Å². The Morgan fingerprint density at radius 2 is 2.14 bits per heavy atom. The van der Waals surface area contributed by atoms with Crippen molar-refractivity contribution >= 4 is 40.5 Å². The molecule has 0 saturated heterocycles. The van der Waals surface area contributed by atoms with Crippen molar-refractivity contribution in [3.8, 4) is 11.3 Å². The number of carboxylic acid groups (broad SMARTS) is 1.